The van der Waals surface area contributed by atoms with Gasteiger partial charge in [0, 0.05) is 18.7 Å². The standard InChI is InChI=1S/C24H35NO3Si/c1-8-25(9-2)23(27)20-14-10-12-18(16-20)22(26)19-13-11-15-21(17-19)28-29(6,7)24(3,4)5/h10-17,22,26H,8-9H2,1-7H3. The van der Waals surface area contributed by atoms with Crippen LogP contribution in [0, 0.1) is 0 Å². The summed E-state index contributed by atoms with van der Waals surface area (Å²) in [7, 11) is -1.96. The summed E-state index contributed by atoms with van der Waals surface area (Å²) in [4.78, 5) is 14.4. The van der Waals surface area contributed by atoms with E-state index in [0.717, 1.165) is 11.3 Å². The Kier molecular flexibility index (Phi) is 7.30. The minimum Gasteiger partial charge on any atom is -0.543 e. The predicted octanol–water partition coefficient (Wildman–Crippen LogP) is 5.63. The van der Waals surface area contributed by atoms with Gasteiger partial charge in [-0.1, -0.05) is 45.0 Å². The van der Waals surface area contributed by atoms with Gasteiger partial charge in [0.05, 0.1) is 0 Å². The molecule has 0 saturated heterocycles. The second-order valence-corrected chi connectivity index (χ2v) is 13.7. The summed E-state index contributed by atoms with van der Waals surface area (Å²) in [6.45, 7) is 16.3. The number of benzene rings is 2. The highest BCUT2D eigenvalue weighted by atomic mass is 28.4. The average molecular weight is 414 g/mol. The van der Waals surface area contributed by atoms with Crippen molar-refractivity contribution in [1.82, 2.24) is 4.90 Å². The molecule has 0 aliphatic heterocycles. The van der Waals surface area contributed by atoms with Gasteiger partial charge < -0.3 is 14.4 Å². The Balaban J connectivity index is 2.28. The van der Waals surface area contributed by atoms with Gasteiger partial charge >= 0.3 is 0 Å². The van der Waals surface area contributed by atoms with Crippen molar-refractivity contribution in [3.05, 3.63) is 65.2 Å². The molecule has 0 aliphatic rings. The van der Waals surface area contributed by atoms with Gasteiger partial charge in [0.15, 0.2) is 0 Å². The first kappa shape index (κ1) is 23.2. The Bertz CT molecular complexity index is 838. The molecule has 4 nitrogen and oxygen atoms in total. The van der Waals surface area contributed by atoms with Crippen molar-refractivity contribution in [3.63, 3.8) is 0 Å². The third-order valence-corrected chi connectivity index (χ3v) is 10.2. The lowest BCUT2D eigenvalue weighted by Gasteiger charge is -2.36. The predicted molar refractivity (Wildman–Crippen MR) is 122 cm³/mol. The van der Waals surface area contributed by atoms with E-state index < -0.39 is 14.4 Å². The molecule has 0 bridgehead atoms. The van der Waals surface area contributed by atoms with Gasteiger partial charge in [0.2, 0.25) is 8.32 Å². The maximum Gasteiger partial charge on any atom is 0.253 e. The summed E-state index contributed by atoms with van der Waals surface area (Å²) in [6.07, 6.45) is -0.817. The minimum atomic E-state index is -1.96. The molecule has 0 aliphatic carbocycles. The lowest BCUT2D eigenvalue weighted by Crippen LogP contribution is -2.43. The van der Waals surface area contributed by atoms with E-state index in [0.29, 0.717) is 24.2 Å². The van der Waals surface area contributed by atoms with E-state index in [4.69, 9.17) is 4.43 Å². The number of carbonyl (C=O) groups is 1. The summed E-state index contributed by atoms with van der Waals surface area (Å²) >= 11 is 0. The monoisotopic (exact) mass is 413 g/mol. The highest BCUT2D eigenvalue weighted by Gasteiger charge is 2.39. The quantitative estimate of drug-likeness (QED) is 0.598. The van der Waals surface area contributed by atoms with Crippen LogP contribution in [0.15, 0.2) is 48.5 Å². The fourth-order valence-electron chi connectivity index (χ4n) is 2.92. The molecule has 2 aromatic rings. The minimum absolute atomic E-state index is 0.0148. The van der Waals surface area contributed by atoms with Gasteiger partial charge in [-0.15, -0.1) is 0 Å². The highest BCUT2D eigenvalue weighted by molar-refractivity contribution is 6.74. The summed E-state index contributed by atoms with van der Waals surface area (Å²) in [6, 6.07) is 14.9. The Morgan fingerprint density at radius 2 is 1.59 bits per heavy atom. The first-order chi connectivity index (χ1) is 13.5. The van der Waals surface area contributed by atoms with Crippen molar-refractivity contribution < 1.29 is 14.3 Å². The normalized spacial score (nSPS) is 13.1. The molecule has 2 aromatic carbocycles. The molecule has 5 heteroatoms. The molecule has 1 atom stereocenters. The van der Waals surface area contributed by atoms with Crippen LogP contribution in [0.2, 0.25) is 18.1 Å². The number of rotatable bonds is 7. The van der Waals surface area contributed by atoms with Crippen LogP contribution in [-0.2, 0) is 0 Å². The zero-order valence-corrected chi connectivity index (χ0v) is 19.8. The third kappa shape index (κ3) is 5.49. The van der Waals surface area contributed by atoms with Crippen LogP contribution < -0.4 is 4.43 Å². The zero-order valence-electron chi connectivity index (χ0n) is 18.8. The van der Waals surface area contributed by atoms with Crippen LogP contribution in [-0.4, -0.2) is 37.3 Å². The fourth-order valence-corrected chi connectivity index (χ4v) is 3.95. The SMILES string of the molecule is CCN(CC)C(=O)c1cccc(C(O)c2cccc(O[Si](C)(C)C(C)(C)C)c2)c1. The molecule has 2 rings (SSSR count). The van der Waals surface area contributed by atoms with E-state index in [1.54, 1.807) is 17.0 Å². The molecular weight excluding hydrogens is 378 g/mol. The van der Waals surface area contributed by atoms with Crippen LogP contribution in [0.25, 0.3) is 0 Å². The summed E-state index contributed by atoms with van der Waals surface area (Å²) in [5.74, 6) is 0.766. The summed E-state index contributed by atoms with van der Waals surface area (Å²) in [5, 5.41) is 11.1. The average Bonchev–Trinajstić information content (AvgIpc) is 2.67. The topological polar surface area (TPSA) is 49.8 Å². The Morgan fingerprint density at radius 1 is 1.03 bits per heavy atom. The van der Waals surface area contributed by atoms with E-state index in [1.807, 2.05) is 50.2 Å². The summed E-state index contributed by atoms with van der Waals surface area (Å²) in [5.41, 5.74) is 2.06. The fraction of sp³-hybridized carbons (Fsp3) is 0.458. The van der Waals surface area contributed by atoms with Gasteiger partial charge in [-0.05, 0) is 67.4 Å². The molecular formula is C24H35NO3Si. The van der Waals surface area contributed by atoms with Crippen LogP contribution in [0.4, 0.5) is 0 Å². The molecule has 1 N–H and O–H groups in total. The number of hydrogen-bond acceptors (Lipinski definition) is 3. The van der Waals surface area contributed by atoms with E-state index >= 15 is 0 Å². The number of aliphatic hydroxyl groups excluding tert-OH is 1. The van der Waals surface area contributed by atoms with E-state index in [-0.39, 0.29) is 10.9 Å². The Labute approximate surface area is 176 Å². The van der Waals surface area contributed by atoms with Crippen LogP contribution in [0.5, 0.6) is 5.75 Å². The van der Waals surface area contributed by atoms with Crippen molar-refractivity contribution in [2.24, 2.45) is 0 Å². The van der Waals surface area contributed by atoms with Crippen molar-refractivity contribution >= 4 is 14.2 Å². The van der Waals surface area contributed by atoms with E-state index in [1.165, 1.54) is 0 Å². The molecule has 0 spiro atoms. The Hall–Kier alpha value is -2.11. The number of hydrogen-bond donors (Lipinski definition) is 1. The van der Waals surface area contributed by atoms with E-state index in [2.05, 4.69) is 33.9 Å². The van der Waals surface area contributed by atoms with Crippen molar-refractivity contribution in [1.29, 1.82) is 0 Å². The van der Waals surface area contributed by atoms with Crippen LogP contribution >= 0.6 is 0 Å². The van der Waals surface area contributed by atoms with Gasteiger partial charge in [-0.3, -0.25) is 4.79 Å². The summed E-state index contributed by atoms with van der Waals surface area (Å²) < 4.78 is 6.38. The van der Waals surface area contributed by atoms with Gasteiger partial charge in [-0.25, -0.2) is 0 Å². The first-order valence-corrected chi connectivity index (χ1v) is 13.3. The van der Waals surface area contributed by atoms with Crippen molar-refractivity contribution in [3.8, 4) is 5.75 Å². The largest absolute Gasteiger partial charge is 0.543 e. The second kappa shape index (κ2) is 9.14. The van der Waals surface area contributed by atoms with Crippen LogP contribution in [0.1, 0.15) is 62.2 Å². The molecule has 0 fully saturated rings. The van der Waals surface area contributed by atoms with E-state index in [9.17, 15) is 9.90 Å². The lowest BCUT2D eigenvalue weighted by atomic mass is 9.99. The molecule has 0 heterocycles. The molecule has 29 heavy (non-hydrogen) atoms. The molecule has 0 radical (unpaired) electrons. The molecule has 1 amide bonds. The molecule has 158 valence electrons. The second-order valence-electron chi connectivity index (χ2n) is 8.94. The number of carbonyl (C=O) groups excluding carboxylic acids is 1. The Morgan fingerprint density at radius 3 is 2.14 bits per heavy atom. The zero-order chi connectivity index (χ0) is 21.8. The lowest BCUT2D eigenvalue weighted by molar-refractivity contribution is 0.0772. The van der Waals surface area contributed by atoms with Gasteiger partial charge in [-0.2, -0.15) is 0 Å². The molecule has 0 saturated carbocycles. The van der Waals surface area contributed by atoms with Gasteiger partial charge in [0.25, 0.3) is 5.91 Å². The molecule has 0 aromatic heterocycles. The number of aliphatic hydroxyl groups is 1. The van der Waals surface area contributed by atoms with Crippen molar-refractivity contribution in [2.75, 3.05) is 13.1 Å². The third-order valence-electron chi connectivity index (χ3n) is 5.85. The number of nitrogens with zero attached hydrogens (tertiary/aromatic N) is 1. The van der Waals surface area contributed by atoms with Gasteiger partial charge in [0.1, 0.15) is 11.9 Å². The smallest absolute Gasteiger partial charge is 0.253 e. The number of amides is 1. The van der Waals surface area contributed by atoms with Crippen molar-refractivity contribution in [2.45, 2.75) is 58.9 Å². The first-order valence-electron chi connectivity index (χ1n) is 10.4. The maximum absolute atomic E-state index is 12.7. The maximum atomic E-state index is 12.7. The molecule has 1 unspecified atom stereocenters. The highest BCUT2D eigenvalue weighted by Crippen LogP contribution is 2.38. The van der Waals surface area contributed by atoms with Crippen LogP contribution in [0.3, 0.4) is 0 Å².